The molecule has 1 saturated carbocycles. The number of carbonyl (C=O) groups excluding carboxylic acids is 1. The predicted octanol–water partition coefficient (Wildman–Crippen LogP) is 1.83. The number of nitrogens with zero attached hydrogens (tertiary/aromatic N) is 5. The zero-order valence-corrected chi connectivity index (χ0v) is 13.3. The molecule has 23 heavy (non-hydrogen) atoms. The Kier molecular flexibility index (Phi) is 4.85. The molecule has 2 aromatic rings. The maximum atomic E-state index is 12.3. The molecule has 0 radical (unpaired) electrons. The first kappa shape index (κ1) is 15.5. The standard InChI is InChI=1S/C16H21N5O2/c1-20(13-6-3-2-4-7-13)16(22)11-23-15-9-5-8-14(10-15)21-12-17-18-19-21/h5,8-10,12-13H,2-4,6-7,11H2,1H3. The van der Waals surface area contributed by atoms with Crippen molar-refractivity contribution in [2.45, 2.75) is 38.1 Å². The third kappa shape index (κ3) is 3.85. The highest BCUT2D eigenvalue weighted by molar-refractivity contribution is 5.77. The number of ether oxygens (including phenoxy) is 1. The normalized spacial score (nSPS) is 15.3. The van der Waals surface area contributed by atoms with Crippen LogP contribution in [0.2, 0.25) is 0 Å². The summed E-state index contributed by atoms with van der Waals surface area (Å²) in [4.78, 5) is 14.1. The number of hydrogen-bond acceptors (Lipinski definition) is 5. The van der Waals surface area contributed by atoms with Crippen molar-refractivity contribution in [1.82, 2.24) is 25.1 Å². The van der Waals surface area contributed by atoms with Crippen LogP contribution in [0.15, 0.2) is 30.6 Å². The topological polar surface area (TPSA) is 73.1 Å². The summed E-state index contributed by atoms with van der Waals surface area (Å²) >= 11 is 0. The highest BCUT2D eigenvalue weighted by atomic mass is 16.5. The summed E-state index contributed by atoms with van der Waals surface area (Å²) in [5, 5.41) is 11.1. The molecule has 122 valence electrons. The SMILES string of the molecule is CN(C(=O)COc1cccc(-n2cnnn2)c1)C1CCCCC1. The minimum Gasteiger partial charge on any atom is -0.484 e. The van der Waals surface area contributed by atoms with Gasteiger partial charge in [0.25, 0.3) is 5.91 Å². The molecule has 1 aromatic carbocycles. The molecule has 1 fully saturated rings. The Morgan fingerprint density at radius 3 is 2.91 bits per heavy atom. The Morgan fingerprint density at radius 1 is 1.35 bits per heavy atom. The fourth-order valence-electron chi connectivity index (χ4n) is 2.91. The van der Waals surface area contributed by atoms with Gasteiger partial charge in [-0.3, -0.25) is 4.79 Å². The summed E-state index contributed by atoms with van der Waals surface area (Å²) in [6.07, 6.45) is 7.39. The van der Waals surface area contributed by atoms with E-state index in [0.29, 0.717) is 11.8 Å². The second-order valence-electron chi connectivity index (χ2n) is 5.84. The maximum Gasteiger partial charge on any atom is 0.260 e. The largest absolute Gasteiger partial charge is 0.484 e. The van der Waals surface area contributed by atoms with E-state index in [9.17, 15) is 4.79 Å². The molecule has 0 spiro atoms. The van der Waals surface area contributed by atoms with Crippen molar-refractivity contribution >= 4 is 5.91 Å². The lowest BCUT2D eigenvalue weighted by Crippen LogP contribution is -2.40. The van der Waals surface area contributed by atoms with Gasteiger partial charge in [-0.25, -0.2) is 4.68 Å². The average molecular weight is 315 g/mol. The van der Waals surface area contributed by atoms with Crippen LogP contribution in [-0.4, -0.2) is 50.7 Å². The number of rotatable bonds is 5. The van der Waals surface area contributed by atoms with Crippen molar-refractivity contribution in [1.29, 1.82) is 0 Å². The molecule has 3 rings (SSSR count). The second-order valence-corrected chi connectivity index (χ2v) is 5.84. The Balaban J connectivity index is 1.57. The molecule has 0 bridgehead atoms. The van der Waals surface area contributed by atoms with Crippen LogP contribution < -0.4 is 4.74 Å². The summed E-state index contributed by atoms with van der Waals surface area (Å²) in [5.74, 6) is 0.646. The lowest BCUT2D eigenvalue weighted by atomic mass is 9.94. The van der Waals surface area contributed by atoms with Gasteiger partial charge >= 0.3 is 0 Å². The minimum absolute atomic E-state index is 0.0183. The van der Waals surface area contributed by atoms with E-state index < -0.39 is 0 Å². The van der Waals surface area contributed by atoms with Crippen LogP contribution in [0.25, 0.3) is 5.69 Å². The summed E-state index contributed by atoms with van der Waals surface area (Å²) < 4.78 is 7.19. The number of likely N-dealkylation sites (N-methyl/N-ethyl adjacent to an activating group) is 1. The Hall–Kier alpha value is -2.44. The first-order valence-corrected chi connectivity index (χ1v) is 7.96. The minimum atomic E-state index is 0.0183. The number of benzene rings is 1. The number of hydrogen-bond donors (Lipinski definition) is 0. The molecule has 0 atom stereocenters. The van der Waals surface area contributed by atoms with Gasteiger partial charge in [-0.05, 0) is 35.4 Å². The van der Waals surface area contributed by atoms with Gasteiger partial charge in [-0.15, -0.1) is 5.10 Å². The number of carbonyl (C=O) groups is 1. The highest BCUT2D eigenvalue weighted by Crippen LogP contribution is 2.22. The van der Waals surface area contributed by atoms with E-state index in [1.165, 1.54) is 25.6 Å². The summed E-state index contributed by atoms with van der Waals surface area (Å²) in [7, 11) is 1.87. The van der Waals surface area contributed by atoms with Crippen LogP contribution in [0.1, 0.15) is 32.1 Å². The molecule has 1 heterocycles. The third-order valence-corrected chi connectivity index (χ3v) is 4.31. The Morgan fingerprint density at radius 2 is 2.17 bits per heavy atom. The second kappa shape index (κ2) is 7.21. The smallest absolute Gasteiger partial charge is 0.260 e. The van der Waals surface area contributed by atoms with E-state index in [2.05, 4.69) is 15.5 Å². The summed E-state index contributed by atoms with van der Waals surface area (Å²) in [5.41, 5.74) is 0.792. The molecular formula is C16H21N5O2. The van der Waals surface area contributed by atoms with Crippen molar-refractivity contribution in [3.05, 3.63) is 30.6 Å². The Labute approximate surface area is 135 Å². The molecule has 0 N–H and O–H groups in total. The molecule has 7 heteroatoms. The van der Waals surface area contributed by atoms with Crippen LogP contribution in [0.5, 0.6) is 5.75 Å². The number of tetrazole rings is 1. The van der Waals surface area contributed by atoms with Gasteiger partial charge in [0.1, 0.15) is 12.1 Å². The molecule has 1 aliphatic rings. The van der Waals surface area contributed by atoms with Gasteiger partial charge in [0.05, 0.1) is 5.69 Å². The van der Waals surface area contributed by atoms with Crippen LogP contribution >= 0.6 is 0 Å². The van der Waals surface area contributed by atoms with Crippen molar-refractivity contribution in [3.8, 4) is 11.4 Å². The monoisotopic (exact) mass is 315 g/mol. The zero-order chi connectivity index (χ0) is 16.1. The summed E-state index contributed by atoms with van der Waals surface area (Å²) in [6, 6.07) is 7.71. The van der Waals surface area contributed by atoms with Crippen molar-refractivity contribution in [2.24, 2.45) is 0 Å². The molecule has 0 saturated heterocycles. The lowest BCUT2D eigenvalue weighted by Gasteiger charge is -2.31. The Bertz CT molecular complexity index is 638. The van der Waals surface area contributed by atoms with Gasteiger partial charge in [-0.1, -0.05) is 25.3 Å². The van der Waals surface area contributed by atoms with E-state index in [1.54, 1.807) is 4.68 Å². The first-order valence-electron chi connectivity index (χ1n) is 7.96. The molecular weight excluding hydrogens is 294 g/mol. The zero-order valence-electron chi connectivity index (χ0n) is 13.3. The van der Waals surface area contributed by atoms with Crippen molar-refractivity contribution < 1.29 is 9.53 Å². The quantitative estimate of drug-likeness (QED) is 0.841. The molecule has 7 nitrogen and oxygen atoms in total. The molecule has 1 aromatic heterocycles. The first-order chi connectivity index (χ1) is 11.2. The van der Waals surface area contributed by atoms with E-state index in [-0.39, 0.29) is 12.5 Å². The van der Waals surface area contributed by atoms with E-state index >= 15 is 0 Å². The summed E-state index contributed by atoms with van der Waals surface area (Å²) in [6.45, 7) is 0.0477. The molecule has 0 unspecified atom stereocenters. The fraction of sp³-hybridized carbons (Fsp3) is 0.500. The van der Waals surface area contributed by atoms with Gasteiger partial charge in [0.15, 0.2) is 6.61 Å². The van der Waals surface area contributed by atoms with Gasteiger partial charge in [0, 0.05) is 19.2 Å². The lowest BCUT2D eigenvalue weighted by molar-refractivity contribution is -0.134. The van der Waals surface area contributed by atoms with E-state index in [0.717, 1.165) is 18.5 Å². The van der Waals surface area contributed by atoms with Gasteiger partial charge in [0.2, 0.25) is 0 Å². The van der Waals surface area contributed by atoms with Crippen LogP contribution in [0.3, 0.4) is 0 Å². The van der Waals surface area contributed by atoms with Crippen LogP contribution in [0, 0.1) is 0 Å². The average Bonchev–Trinajstić information content (AvgIpc) is 3.15. The van der Waals surface area contributed by atoms with Crippen molar-refractivity contribution in [2.75, 3.05) is 13.7 Å². The van der Waals surface area contributed by atoms with E-state index in [4.69, 9.17) is 4.74 Å². The number of amides is 1. The third-order valence-electron chi connectivity index (χ3n) is 4.31. The molecule has 0 aliphatic heterocycles. The predicted molar refractivity (Wildman–Crippen MR) is 84.3 cm³/mol. The van der Waals surface area contributed by atoms with Gasteiger partial charge < -0.3 is 9.64 Å². The van der Waals surface area contributed by atoms with Gasteiger partial charge in [-0.2, -0.15) is 0 Å². The maximum absolute atomic E-state index is 12.3. The number of aromatic nitrogens is 4. The van der Waals surface area contributed by atoms with Crippen LogP contribution in [-0.2, 0) is 4.79 Å². The molecule has 1 aliphatic carbocycles. The van der Waals surface area contributed by atoms with Crippen LogP contribution in [0.4, 0.5) is 0 Å². The fourth-order valence-corrected chi connectivity index (χ4v) is 2.91. The van der Waals surface area contributed by atoms with E-state index in [1.807, 2.05) is 36.2 Å². The highest BCUT2D eigenvalue weighted by Gasteiger charge is 2.22. The van der Waals surface area contributed by atoms with Crippen molar-refractivity contribution in [3.63, 3.8) is 0 Å². The molecule has 1 amide bonds.